The van der Waals surface area contributed by atoms with E-state index in [0.717, 1.165) is 12.2 Å². The second-order valence-corrected chi connectivity index (χ2v) is 2.99. The summed E-state index contributed by atoms with van der Waals surface area (Å²) in [7, 11) is 2.02. The molecule has 1 heterocycles. The van der Waals surface area contributed by atoms with Crippen LogP contribution in [0.1, 0.15) is 20.3 Å². The highest BCUT2D eigenvalue weighted by atomic mass is 15.4. The van der Waals surface area contributed by atoms with Gasteiger partial charge in [0, 0.05) is 25.5 Å². The van der Waals surface area contributed by atoms with E-state index < -0.39 is 0 Å². The lowest BCUT2D eigenvalue weighted by Gasteiger charge is -2.26. The molecule has 0 saturated heterocycles. The fourth-order valence-corrected chi connectivity index (χ4v) is 1.12. The zero-order chi connectivity index (χ0) is 8.43. The summed E-state index contributed by atoms with van der Waals surface area (Å²) in [5.41, 5.74) is 0. The summed E-state index contributed by atoms with van der Waals surface area (Å²) in [5, 5.41) is 0. The monoisotopic (exact) mass is 152 g/mol. The second-order valence-electron chi connectivity index (χ2n) is 2.99. The second kappa shape index (κ2) is 2.99. The molecule has 0 aromatic heterocycles. The van der Waals surface area contributed by atoms with Gasteiger partial charge in [0.1, 0.15) is 5.82 Å². The zero-order valence-electron chi connectivity index (χ0n) is 7.54. The maximum atomic E-state index is 3.98. The SMILES string of the molecule is C=C1N(C)C=CN1C(C)CC. The van der Waals surface area contributed by atoms with Gasteiger partial charge in [-0.25, -0.2) is 0 Å². The lowest BCUT2D eigenvalue weighted by atomic mass is 10.2. The average Bonchev–Trinajstić information content (AvgIpc) is 2.32. The molecule has 2 heteroatoms. The summed E-state index contributed by atoms with van der Waals surface area (Å²) in [6.45, 7) is 8.36. The molecule has 0 fully saturated rings. The third kappa shape index (κ3) is 1.39. The smallest absolute Gasteiger partial charge is 0.105 e. The Labute approximate surface area is 68.8 Å². The molecule has 11 heavy (non-hydrogen) atoms. The molecule has 0 aromatic rings. The quantitative estimate of drug-likeness (QED) is 0.597. The first-order valence-electron chi connectivity index (χ1n) is 4.05. The molecule has 62 valence electrons. The summed E-state index contributed by atoms with van der Waals surface area (Å²) in [6, 6.07) is 0.559. The van der Waals surface area contributed by atoms with Crippen LogP contribution in [0.25, 0.3) is 0 Å². The molecule has 0 spiro atoms. The molecule has 1 rings (SSSR count). The number of nitrogens with zero attached hydrogens (tertiary/aromatic N) is 2. The molecule has 0 amide bonds. The Bertz CT molecular complexity index is 184. The van der Waals surface area contributed by atoms with Gasteiger partial charge in [-0.15, -0.1) is 0 Å². The highest BCUT2D eigenvalue weighted by Crippen LogP contribution is 2.19. The maximum absolute atomic E-state index is 3.98. The van der Waals surface area contributed by atoms with Crippen molar-refractivity contribution in [3.05, 3.63) is 24.8 Å². The predicted octanol–water partition coefficient (Wildman–Crippen LogP) is 1.97. The van der Waals surface area contributed by atoms with Gasteiger partial charge in [-0.05, 0) is 13.3 Å². The first kappa shape index (κ1) is 8.18. The van der Waals surface area contributed by atoms with E-state index in [1.165, 1.54) is 0 Å². The van der Waals surface area contributed by atoms with Crippen molar-refractivity contribution in [2.45, 2.75) is 26.3 Å². The normalized spacial score (nSPS) is 19.7. The Hall–Kier alpha value is -0.920. The van der Waals surface area contributed by atoms with E-state index in [9.17, 15) is 0 Å². The molecule has 1 aliphatic rings. The van der Waals surface area contributed by atoms with Crippen LogP contribution < -0.4 is 0 Å². The van der Waals surface area contributed by atoms with Crippen molar-refractivity contribution in [3.8, 4) is 0 Å². The van der Waals surface area contributed by atoms with E-state index in [1.807, 2.05) is 18.1 Å². The van der Waals surface area contributed by atoms with Crippen LogP contribution in [0.15, 0.2) is 24.8 Å². The lowest BCUT2D eigenvalue weighted by Crippen LogP contribution is -2.27. The summed E-state index contributed by atoms with van der Waals surface area (Å²) >= 11 is 0. The number of hydrogen-bond acceptors (Lipinski definition) is 2. The van der Waals surface area contributed by atoms with Gasteiger partial charge in [0.05, 0.1) is 0 Å². The van der Waals surface area contributed by atoms with Gasteiger partial charge < -0.3 is 9.80 Å². The van der Waals surface area contributed by atoms with Crippen LogP contribution in [-0.4, -0.2) is 22.9 Å². The van der Waals surface area contributed by atoms with Crippen LogP contribution in [0.3, 0.4) is 0 Å². The first-order chi connectivity index (χ1) is 5.16. The minimum atomic E-state index is 0.559. The van der Waals surface area contributed by atoms with Gasteiger partial charge in [0.25, 0.3) is 0 Å². The van der Waals surface area contributed by atoms with E-state index in [-0.39, 0.29) is 0 Å². The third-order valence-corrected chi connectivity index (χ3v) is 2.22. The van der Waals surface area contributed by atoms with Gasteiger partial charge in [0.15, 0.2) is 0 Å². The van der Waals surface area contributed by atoms with Crippen LogP contribution in [0.2, 0.25) is 0 Å². The fraction of sp³-hybridized carbons (Fsp3) is 0.556. The van der Waals surface area contributed by atoms with Crippen molar-refractivity contribution in [2.24, 2.45) is 0 Å². The highest BCUT2D eigenvalue weighted by Gasteiger charge is 2.17. The fourth-order valence-electron chi connectivity index (χ4n) is 1.12. The van der Waals surface area contributed by atoms with Crippen LogP contribution >= 0.6 is 0 Å². The Morgan fingerprint density at radius 1 is 1.55 bits per heavy atom. The van der Waals surface area contributed by atoms with Crippen molar-refractivity contribution in [3.63, 3.8) is 0 Å². The minimum absolute atomic E-state index is 0.559. The molecular formula is C9H16N2. The molecule has 0 saturated carbocycles. The van der Waals surface area contributed by atoms with Crippen molar-refractivity contribution in [1.82, 2.24) is 9.80 Å². The molecule has 0 bridgehead atoms. The van der Waals surface area contributed by atoms with E-state index in [0.29, 0.717) is 6.04 Å². The molecule has 0 N–H and O–H groups in total. The number of rotatable bonds is 2. The Balaban J connectivity index is 2.62. The molecule has 1 aliphatic heterocycles. The highest BCUT2D eigenvalue weighted by molar-refractivity contribution is 5.10. The summed E-state index contributed by atoms with van der Waals surface area (Å²) < 4.78 is 0. The van der Waals surface area contributed by atoms with Crippen LogP contribution in [-0.2, 0) is 0 Å². The van der Waals surface area contributed by atoms with E-state index in [1.54, 1.807) is 0 Å². The Kier molecular flexibility index (Phi) is 2.22. The zero-order valence-corrected chi connectivity index (χ0v) is 7.54. The van der Waals surface area contributed by atoms with Crippen molar-refractivity contribution < 1.29 is 0 Å². The average molecular weight is 152 g/mol. The van der Waals surface area contributed by atoms with E-state index in [4.69, 9.17) is 0 Å². The van der Waals surface area contributed by atoms with E-state index >= 15 is 0 Å². The van der Waals surface area contributed by atoms with Crippen LogP contribution in [0.4, 0.5) is 0 Å². The minimum Gasteiger partial charge on any atom is -0.337 e. The predicted molar refractivity (Wildman–Crippen MR) is 47.6 cm³/mol. The molecule has 1 unspecified atom stereocenters. The van der Waals surface area contributed by atoms with Crippen molar-refractivity contribution in [2.75, 3.05) is 7.05 Å². The van der Waals surface area contributed by atoms with E-state index in [2.05, 4.69) is 31.5 Å². The molecule has 0 aromatic carbocycles. The summed E-state index contributed by atoms with van der Waals surface area (Å²) in [4.78, 5) is 4.23. The van der Waals surface area contributed by atoms with Gasteiger partial charge in [0.2, 0.25) is 0 Å². The van der Waals surface area contributed by atoms with Gasteiger partial charge in [-0.2, -0.15) is 0 Å². The van der Waals surface area contributed by atoms with Gasteiger partial charge in [-0.3, -0.25) is 0 Å². The van der Waals surface area contributed by atoms with Crippen LogP contribution in [0.5, 0.6) is 0 Å². The van der Waals surface area contributed by atoms with Gasteiger partial charge in [-0.1, -0.05) is 13.5 Å². The van der Waals surface area contributed by atoms with Crippen LogP contribution in [0, 0.1) is 0 Å². The third-order valence-electron chi connectivity index (χ3n) is 2.22. The number of hydrogen-bond donors (Lipinski definition) is 0. The van der Waals surface area contributed by atoms with Gasteiger partial charge >= 0.3 is 0 Å². The Morgan fingerprint density at radius 2 is 2.18 bits per heavy atom. The molecule has 2 nitrogen and oxygen atoms in total. The van der Waals surface area contributed by atoms with Crippen molar-refractivity contribution in [1.29, 1.82) is 0 Å². The molecular weight excluding hydrogens is 136 g/mol. The summed E-state index contributed by atoms with van der Waals surface area (Å²) in [5.74, 6) is 1.07. The molecule has 0 aliphatic carbocycles. The molecule has 0 radical (unpaired) electrons. The largest absolute Gasteiger partial charge is 0.337 e. The first-order valence-corrected chi connectivity index (χ1v) is 4.05. The standard InChI is InChI=1S/C9H16N2/c1-5-8(2)11-7-6-10(4)9(11)3/h6-8H,3,5H2,1-2,4H3. The topological polar surface area (TPSA) is 6.48 Å². The Morgan fingerprint density at radius 3 is 2.55 bits per heavy atom. The lowest BCUT2D eigenvalue weighted by molar-refractivity contribution is 0.316. The van der Waals surface area contributed by atoms with Crippen molar-refractivity contribution >= 4 is 0 Å². The summed E-state index contributed by atoms with van der Waals surface area (Å²) in [6.07, 6.45) is 5.27. The maximum Gasteiger partial charge on any atom is 0.105 e. The molecule has 1 atom stereocenters.